The summed E-state index contributed by atoms with van der Waals surface area (Å²) in [6.07, 6.45) is 0. The molecular weight excluding hydrogens is 244 g/mol. The average Bonchev–Trinajstić information content (AvgIpc) is 2.85. The first-order valence-electron chi connectivity index (χ1n) is 6.23. The van der Waals surface area contributed by atoms with E-state index in [-0.39, 0.29) is 6.04 Å². The molecular formula is C13H18N4O2. The van der Waals surface area contributed by atoms with Crippen molar-refractivity contribution in [2.24, 2.45) is 5.73 Å². The molecule has 0 saturated heterocycles. The normalized spacial score (nSPS) is 12.6. The Balaban J connectivity index is 2.20. The van der Waals surface area contributed by atoms with Crippen molar-refractivity contribution in [3.8, 4) is 11.5 Å². The summed E-state index contributed by atoms with van der Waals surface area (Å²) in [5.41, 5.74) is 8.54. The Morgan fingerprint density at radius 2 is 2.11 bits per heavy atom. The first-order valence-corrected chi connectivity index (χ1v) is 6.23. The van der Waals surface area contributed by atoms with E-state index in [2.05, 4.69) is 15.1 Å². The molecule has 0 spiro atoms. The SMILES string of the molecule is CCOCC(N)c1noc(-c2ccc(C)nc2C)n1. The van der Waals surface area contributed by atoms with E-state index in [0.29, 0.717) is 24.9 Å². The lowest BCUT2D eigenvalue weighted by molar-refractivity contribution is 0.130. The number of nitrogens with zero attached hydrogens (tertiary/aromatic N) is 3. The lowest BCUT2D eigenvalue weighted by Crippen LogP contribution is -2.18. The van der Waals surface area contributed by atoms with Crippen molar-refractivity contribution in [2.45, 2.75) is 26.8 Å². The van der Waals surface area contributed by atoms with E-state index < -0.39 is 0 Å². The predicted molar refractivity (Wildman–Crippen MR) is 70.4 cm³/mol. The molecule has 6 heteroatoms. The van der Waals surface area contributed by atoms with Crippen LogP contribution in [0.5, 0.6) is 0 Å². The molecule has 2 aromatic rings. The van der Waals surface area contributed by atoms with Crippen LogP contribution in [0.4, 0.5) is 0 Å². The summed E-state index contributed by atoms with van der Waals surface area (Å²) in [7, 11) is 0. The van der Waals surface area contributed by atoms with Gasteiger partial charge >= 0.3 is 0 Å². The quantitative estimate of drug-likeness (QED) is 0.883. The Labute approximate surface area is 112 Å². The first kappa shape index (κ1) is 13.6. The van der Waals surface area contributed by atoms with Gasteiger partial charge in [-0.25, -0.2) is 0 Å². The Morgan fingerprint density at radius 3 is 2.79 bits per heavy atom. The van der Waals surface area contributed by atoms with E-state index in [1.165, 1.54) is 0 Å². The van der Waals surface area contributed by atoms with E-state index >= 15 is 0 Å². The fourth-order valence-corrected chi connectivity index (χ4v) is 1.73. The Hall–Kier alpha value is -1.79. The molecule has 0 fully saturated rings. The van der Waals surface area contributed by atoms with E-state index in [0.717, 1.165) is 17.0 Å². The van der Waals surface area contributed by atoms with Crippen LogP contribution >= 0.6 is 0 Å². The van der Waals surface area contributed by atoms with Gasteiger partial charge in [0.1, 0.15) is 0 Å². The van der Waals surface area contributed by atoms with Crippen molar-refractivity contribution >= 4 is 0 Å². The van der Waals surface area contributed by atoms with Crippen LogP contribution < -0.4 is 5.73 Å². The summed E-state index contributed by atoms with van der Waals surface area (Å²) >= 11 is 0. The lowest BCUT2D eigenvalue weighted by Gasteiger charge is -2.05. The minimum atomic E-state index is -0.379. The Morgan fingerprint density at radius 1 is 1.32 bits per heavy atom. The maximum absolute atomic E-state index is 5.91. The second-order valence-electron chi connectivity index (χ2n) is 4.31. The second-order valence-corrected chi connectivity index (χ2v) is 4.31. The van der Waals surface area contributed by atoms with Gasteiger partial charge in [-0.05, 0) is 32.9 Å². The molecule has 2 aromatic heterocycles. The second kappa shape index (κ2) is 5.90. The molecule has 0 aliphatic carbocycles. The fraction of sp³-hybridized carbons (Fsp3) is 0.462. The molecule has 6 nitrogen and oxygen atoms in total. The fourth-order valence-electron chi connectivity index (χ4n) is 1.73. The van der Waals surface area contributed by atoms with E-state index in [4.69, 9.17) is 15.0 Å². The van der Waals surface area contributed by atoms with Crippen LogP contribution in [0.25, 0.3) is 11.5 Å². The van der Waals surface area contributed by atoms with E-state index in [1.54, 1.807) is 0 Å². The number of hydrogen-bond donors (Lipinski definition) is 1. The van der Waals surface area contributed by atoms with Crippen LogP contribution in [0.3, 0.4) is 0 Å². The maximum atomic E-state index is 5.91. The zero-order valence-electron chi connectivity index (χ0n) is 11.4. The Bertz CT molecular complexity index is 553. The number of nitrogens with two attached hydrogens (primary N) is 1. The van der Waals surface area contributed by atoms with E-state index in [1.807, 2.05) is 32.9 Å². The molecule has 0 aliphatic rings. The predicted octanol–water partition coefficient (Wildman–Crippen LogP) is 1.78. The smallest absolute Gasteiger partial charge is 0.259 e. The zero-order valence-corrected chi connectivity index (χ0v) is 11.4. The largest absolute Gasteiger partial charge is 0.380 e. The first-order chi connectivity index (χ1) is 9.11. The number of ether oxygens (including phenoxy) is 1. The summed E-state index contributed by atoms with van der Waals surface area (Å²) in [5.74, 6) is 0.885. The van der Waals surface area contributed by atoms with Crippen molar-refractivity contribution in [1.82, 2.24) is 15.1 Å². The molecule has 0 radical (unpaired) electrons. The highest BCUT2D eigenvalue weighted by atomic mass is 16.5. The summed E-state index contributed by atoms with van der Waals surface area (Å²) < 4.78 is 10.5. The number of rotatable bonds is 5. The van der Waals surface area contributed by atoms with Crippen molar-refractivity contribution in [2.75, 3.05) is 13.2 Å². The number of aromatic nitrogens is 3. The van der Waals surface area contributed by atoms with Gasteiger partial charge in [-0.2, -0.15) is 4.98 Å². The molecule has 1 atom stereocenters. The van der Waals surface area contributed by atoms with Crippen LogP contribution in [0.15, 0.2) is 16.7 Å². The topological polar surface area (TPSA) is 87.1 Å². The standard InChI is InChI=1S/C13H18N4O2/c1-4-18-7-11(14)12-16-13(19-17-12)10-6-5-8(2)15-9(10)3/h5-6,11H,4,7,14H2,1-3H3. The molecule has 0 aliphatic heterocycles. The summed E-state index contributed by atoms with van der Waals surface area (Å²) in [6.45, 7) is 6.75. The molecule has 2 rings (SSSR count). The van der Waals surface area contributed by atoms with Crippen molar-refractivity contribution in [3.63, 3.8) is 0 Å². The minimum Gasteiger partial charge on any atom is -0.380 e. The van der Waals surface area contributed by atoms with Gasteiger partial charge < -0.3 is 15.0 Å². The van der Waals surface area contributed by atoms with Gasteiger partial charge in [0.2, 0.25) is 0 Å². The molecule has 1 unspecified atom stereocenters. The average molecular weight is 262 g/mol. The monoisotopic (exact) mass is 262 g/mol. The van der Waals surface area contributed by atoms with E-state index in [9.17, 15) is 0 Å². The number of hydrogen-bond acceptors (Lipinski definition) is 6. The molecule has 0 saturated carbocycles. The number of pyridine rings is 1. The highest BCUT2D eigenvalue weighted by molar-refractivity contribution is 5.55. The summed E-state index contributed by atoms with van der Waals surface area (Å²) in [6, 6.07) is 3.45. The summed E-state index contributed by atoms with van der Waals surface area (Å²) in [4.78, 5) is 8.67. The third kappa shape index (κ3) is 3.15. The van der Waals surface area contributed by atoms with Gasteiger partial charge in [-0.3, -0.25) is 4.98 Å². The van der Waals surface area contributed by atoms with Gasteiger partial charge in [0.15, 0.2) is 5.82 Å². The highest BCUT2D eigenvalue weighted by Crippen LogP contribution is 2.21. The maximum Gasteiger partial charge on any atom is 0.259 e. The zero-order chi connectivity index (χ0) is 13.8. The molecule has 2 heterocycles. The molecule has 0 amide bonds. The van der Waals surface area contributed by atoms with Gasteiger partial charge in [0, 0.05) is 12.3 Å². The van der Waals surface area contributed by atoms with Crippen LogP contribution in [0.2, 0.25) is 0 Å². The number of aryl methyl sites for hydroxylation is 2. The highest BCUT2D eigenvalue weighted by Gasteiger charge is 2.16. The Kier molecular flexibility index (Phi) is 4.24. The van der Waals surface area contributed by atoms with Crippen LogP contribution in [-0.2, 0) is 4.74 Å². The summed E-state index contributed by atoms with van der Waals surface area (Å²) in [5, 5.41) is 3.89. The van der Waals surface area contributed by atoms with Crippen molar-refractivity contribution in [1.29, 1.82) is 0 Å². The molecule has 102 valence electrons. The third-order valence-electron chi connectivity index (χ3n) is 2.73. The van der Waals surface area contributed by atoms with Gasteiger partial charge in [-0.15, -0.1) is 0 Å². The minimum absolute atomic E-state index is 0.376. The third-order valence-corrected chi connectivity index (χ3v) is 2.73. The van der Waals surface area contributed by atoms with Gasteiger partial charge in [0.25, 0.3) is 5.89 Å². The molecule has 0 aromatic carbocycles. The molecule has 2 N–H and O–H groups in total. The van der Waals surface area contributed by atoms with Crippen molar-refractivity contribution < 1.29 is 9.26 Å². The lowest BCUT2D eigenvalue weighted by atomic mass is 10.2. The molecule has 19 heavy (non-hydrogen) atoms. The van der Waals surface area contributed by atoms with Gasteiger partial charge in [0.05, 0.1) is 23.9 Å². The van der Waals surface area contributed by atoms with Crippen LogP contribution in [0, 0.1) is 13.8 Å². The van der Waals surface area contributed by atoms with Gasteiger partial charge in [-0.1, -0.05) is 5.16 Å². The van der Waals surface area contributed by atoms with Crippen LogP contribution in [0.1, 0.15) is 30.2 Å². The van der Waals surface area contributed by atoms with Crippen LogP contribution in [-0.4, -0.2) is 28.3 Å². The molecule has 0 bridgehead atoms. The van der Waals surface area contributed by atoms with Crippen molar-refractivity contribution in [3.05, 3.63) is 29.3 Å².